The van der Waals surface area contributed by atoms with Gasteiger partial charge in [0.05, 0.1) is 0 Å². The summed E-state index contributed by atoms with van der Waals surface area (Å²) in [7, 11) is 0. The van der Waals surface area contributed by atoms with Gasteiger partial charge in [-0.25, -0.2) is 15.0 Å². The van der Waals surface area contributed by atoms with E-state index in [0.717, 1.165) is 49.8 Å². The van der Waals surface area contributed by atoms with E-state index >= 15 is 0 Å². The van der Waals surface area contributed by atoms with Crippen LogP contribution in [0, 0.1) is 0 Å². The van der Waals surface area contributed by atoms with Crippen LogP contribution in [-0.2, 0) is 0 Å². The van der Waals surface area contributed by atoms with Crippen molar-refractivity contribution in [2.45, 2.75) is 0 Å². The zero-order chi connectivity index (χ0) is 33.0. The molecule has 5 heteroatoms. The molecule has 0 saturated carbocycles. The van der Waals surface area contributed by atoms with E-state index in [1.165, 1.54) is 31.3 Å². The number of rotatable bonds is 5. The summed E-state index contributed by atoms with van der Waals surface area (Å²) in [5.41, 5.74) is 9.34. The summed E-state index contributed by atoms with van der Waals surface area (Å²) in [6, 6.07) is 56.9. The molecule has 0 spiro atoms. The molecule has 0 saturated heterocycles. The van der Waals surface area contributed by atoms with Gasteiger partial charge in [-0.15, -0.1) is 11.3 Å². The highest BCUT2D eigenvalue weighted by Crippen LogP contribution is 2.40. The van der Waals surface area contributed by atoms with Gasteiger partial charge in [-0.3, -0.25) is 0 Å². The maximum absolute atomic E-state index is 6.31. The van der Waals surface area contributed by atoms with Crippen LogP contribution in [0.4, 0.5) is 0 Å². The number of aromatic nitrogens is 3. The fraction of sp³-hybridized carbons (Fsp3) is 0. The first kappa shape index (κ1) is 28.6. The van der Waals surface area contributed by atoms with Crippen molar-refractivity contribution in [2.75, 3.05) is 0 Å². The molecule has 0 radical (unpaired) electrons. The summed E-state index contributed by atoms with van der Waals surface area (Å²) in [4.78, 5) is 14.7. The van der Waals surface area contributed by atoms with Crippen LogP contribution in [0.1, 0.15) is 0 Å². The number of hydrogen-bond acceptors (Lipinski definition) is 5. The second kappa shape index (κ2) is 11.6. The Morgan fingerprint density at radius 1 is 0.360 bits per heavy atom. The fourth-order valence-electron chi connectivity index (χ4n) is 6.85. The molecular formula is C45H27N3OS. The van der Waals surface area contributed by atoms with E-state index in [2.05, 4.69) is 91.0 Å². The minimum Gasteiger partial charge on any atom is -0.455 e. The average Bonchev–Trinajstić information content (AvgIpc) is 3.76. The van der Waals surface area contributed by atoms with Crippen LogP contribution in [0.5, 0.6) is 0 Å². The van der Waals surface area contributed by atoms with E-state index in [-0.39, 0.29) is 0 Å². The molecule has 0 amide bonds. The van der Waals surface area contributed by atoms with Crippen molar-refractivity contribution < 1.29 is 4.42 Å². The molecule has 0 N–H and O–H groups in total. The van der Waals surface area contributed by atoms with Crippen molar-refractivity contribution in [3.63, 3.8) is 0 Å². The molecular weight excluding hydrogens is 631 g/mol. The standard InChI is InChI=1S/C45H27N3OS/c1-3-10-30(11-4-1)43-46-44(31-12-5-2-6-13-31)48-45(47-43)33-22-24-36-38-26-32(23-25-40(38)50-41(36)27-33)28-18-20-29(21-19-28)34-15-9-16-37-35-14-7-8-17-39(35)49-42(34)37/h1-27H. The van der Waals surface area contributed by atoms with Crippen LogP contribution in [-0.4, -0.2) is 15.0 Å². The monoisotopic (exact) mass is 657 g/mol. The Morgan fingerprint density at radius 2 is 0.960 bits per heavy atom. The van der Waals surface area contributed by atoms with Crippen molar-refractivity contribution in [1.82, 2.24) is 15.0 Å². The topological polar surface area (TPSA) is 51.8 Å². The van der Waals surface area contributed by atoms with Gasteiger partial charge in [0.15, 0.2) is 17.5 Å². The number of nitrogens with zero attached hydrogens (tertiary/aromatic N) is 3. The van der Waals surface area contributed by atoms with E-state index in [1.807, 2.05) is 72.8 Å². The van der Waals surface area contributed by atoms with Crippen LogP contribution >= 0.6 is 11.3 Å². The molecule has 10 rings (SSSR count). The summed E-state index contributed by atoms with van der Waals surface area (Å²) in [6.07, 6.45) is 0. The summed E-state index contributed by atoms with van der Waals surface area (Å²) in [5, 5.41) is 4.76. The number of furan rings is 1. The second-order valence-corrected chi connectivity index (χ2v) is 13.5. The Labute approximate surface area is 292 Å². The van der Waals surface area contributed by atoms with E-state index < -0.39 is 0 Å². The molecule has 234 valence electrons. The lowest BCUT2D eigenvalue weighted by Crippen LogP contribution is -1.99. The lowest BCUT2D eigenvalue weighted by molar-refractivity contribution is 0.670. The molecule has 50 heavy (non-hydrogen) atoms. The maximum Gasteiger partial charge on any atom is 0.164 e. The molecule has 0 aliphatic rings. The molecule has 10 aromatic rings. The highest BCUT2D eigenvalue weighted by Gasteiger charge is 2.15. The van der Waals surface area contributed by atoms with Gasteiger partial charge in [0, 0.05) is 53.2 Å². The second-order valence-electron chi connectivity index (χ2n) is 12.4. The third kappa shape index (κ3) is 4.87. The minimum absolute atomic E-state index is 0.663. The predicted molar refractivity (Wildman–Crippen MR) is 207 cm³/mol. The Bertz CT molecular complexity index is 2800. The van der Waals surface area contributed by atoms with Crippen LogP contribution in [0.25, 0.3) is 98.5 Å². The molecule has 0 aliphatic carbocycles. The predicted octanol–water partition coefficient (Wildman–Crippen LogP) is 12.5. The fourth-order valence-corrected chi connectivity index (χ4v) is 7.98. The van der Waals surface area contributed by atoms with Crippen LogP contribution in [0.3, 0.4) is 0 Å². The lowest BCUT2D eigenvalue weighted by Gasteiger charge is -2.08. The maximum atomic E-state index is 6.31. The lowest BCUT2D eigenvalue weighted by atomic mass is 9.98. The van der Waals surface area contributed by atoms with Crippen molar-refractivity contribution >= 4 is 53.4 Å². The van der Waals surface area contributed by atoms with Crippen LogP contribution in [0.15, 0.2) is 168 Å². The Hall–Kier alpha value is -6.43. The first-order valence-electron chi connectivity index (χ1n) is 16.6. The normalized spacial score (nSPS) is 11.6. The van der Waals surface area contributed by atoms with Gasteiger partial charge in [0.25, 0.3) is 0 Å². The average molecular weight is 658 g/mol. The SMILES string of the molecule is c1ccc(-c2nc(-c3ccccc3)nc(-c3ccc4c(c3)sc3ccc(-c5ccc(-c6cccc7c6oc6ccccc67)cc5)cc34)n2)cc1. The molecule has 0 unspecified atom stereocenters. The van der Waals surface area contributed by atoms with Gasteiger partial charge in [0.2, 0.25) is 0 Å². The van der Waals surface area contributed by atoms with Gasteiger partial charge in [-0.2, -0.15) is 0 Å². The largest absolute Gasteiger partial charge is 0.455 e. The van der Waals surface area contributed by atoms with Crippen molar-refractivity contribution in [1.29, 1.82) is 0 Å². The summed E-state index contributed by atoms with van der Waals surface area (Å²) in [6.45, 7) is 0. The molecule has 0 fully saturated rings. The molecule has 7 aromatic carbocycles. The smallest absolute Gasteiger partial charge is 0.164 e. The molecule has 0 bridgehead atoms. The van der Waals surface area contributed by atoms with Crippen LogP contribution in [0.2, 0.25) is 0 Å². The summed E-state index contributed by atoms with van der Waals surface area (Å²) in [5.74, 6) is 1.99. The highest BCUT2D eigenvalue weighted by atomic mass is 32.1. The molecule has 3 heterocycles. The third-order valence-electron chi connectivity index (χ3n) is 9.36. The quantitative estimate of drug-likeness (QED) is 0.185. The summed E-state index contributed by atoms with van der Waals surface area (Å²) < 4.78 is 8.76. The van der Waals surface area contributed by atoms with Crippen LogP contribution < -0.4 is 0 Å². The summed E-state index contributed by atoms with van der Waals surface area (Å²) >= 11 is 1.80. The highest BCUT2D eigenvalue weighted by molar-refractivity contribution is 7.25. The number of para-hydroxylation sites is 2. The Balaban J connectivity index is 1.01. The van der Waals surface area contributed by atoms with Crippen molar-refractivity contribution in [2.24, 2.45) is 0 Å². The number of thiophene rings is 1. The first-order chi connectivity index (χ1) is 24.7. The van der Waals surface area contributed by atoms with E-state index in [4.69, 9.17) is 19.4 Å². The Morgan fingerprint density at radius 3 is 1.70 bits per heavy atom. The third-order valence-corrected chi connectivity index (χ3v) is 10.5. The number of fused-ring (bicyclic) bond motifs is 6. The van der Waals surface area contributed by atoms with Gasteiger partial charge >= 0.3 is 0 Å². The van der Waals surface area contributed by atoms with Crippen molar-refractivity contribution in [3.8, 4) is 56.4 Å². The zero-order valence-corrected chi connectivity index (χ0v) is 27.6. The van der Waals surface area contributed by atoms with Crippen molar-refractivity contribution in [3.05, 3.63) is 164 Å². The van der Waals surface area contributed by atoms with E-state index in [9.17, 15) is 0 Å². The van der Waals surface area contributed by atoms with Gasteiger partial charge in [-0.05, 0) is 41.0 Å². The minimum atomic E-state index is 0.663. The Kier molecular flexibility index (Phi) is 6.64. The van der Waals surface area contributed by atoms with E-state index in [0.29, 0.717) is 17.5 Å². The molecule has 0 aliphatic heterocycles. The van der Waals surface area contributed by atoms with Gasteiger partial charge in [-0.1, -0.05) is 140 Å². The first-order valence-corrected chi connectivity index (χ1v) is 17.4. The zero-order valence-electron chi connectivity index (χ0n) is 26.7. The van der Waals surface area contributed by atoms with Gasteiger partial charge < -0.3 is 4.42 Å². The molecule has 3 aromatic heterocycles. The number of benzene rings is 7. The number of hydrogen-bond donors (Lipinski definition) is 0. The molecule has 0 atom stereocenters. The molecule has 4 nitrogen and oxygen atoms in total. The van der Waals surface area contributed by atoms with Gasteiger partial charge in [0.1, 0.15) is 11.2 Å². The van der Waals surface area contributed by atoms with E-state index in [1.54, 1.807) is 11.3 Å².